The fraction of sp³-hybridized carbons (Fsp3) is 0.167. The lowest BCUT2D eigenvalue weighted by molar-refractivity contribution is 0.449. The molecule has 0 radical (unpaired) electrons. The van der Waals surface area contributed by atoms with Gasteiger partial charge in [-0.1, -0.05) is 23.7 Å². The molecule has 0 saturated heterocycles. The summed E-state index contributed by atoms with van der Waals surface area (Å²) >= 11 is 7.48. The molecular formula is C12H11ClN2OS. The van der Waals surface area contributed by atoms with Gasteiger partial charge in [-0.25, -0.2) is 4.98 Å². The van der Waals surface area contributed by atoms with Crippen molar-refractivity contribution in [3.8, 4) is 11.6 Å². The van der Waals surface area contributed by atoms with Crippen LogP contribution in [0.5, 0.6) is 11.6 Å². The van der Waals surface area contributed by atoms with Crippen molar-refractivity contribution in [2.24, 2.45) is 0 Å². The standard InChI is InChI=1S/C12H11ClN2OS/c1-8-14-11(13)7-12(15-8)16-9-5-3-4-6-10(9)17-2/h3-7H,1-2H3. The lowest BCUT2D eigenvalue weighted by Crippen LogP contribution is -1.94. The minimum absolute atomic E-state index is 0.383. The molecule has 0 aliphatic rings. The van der Waals surface area contributed by atoms with Crippen molar-refractivity contribution in [3.63, 3.8) is 0 Å². The number of para-hydroxylation sites is 1. The number of ether oxygens (including phenoxy) is 1. The van der Waals surface area contributed by atoms with E-state index < -0.39 is 0 Å². The molecule has 1 aromatic heterocycles. The van der Waals surface area contributed by atoms with E-state index in [-0.39, 0.29) is 0 Å². The van der Waals surface area contributed by atoms with E-state index in [1.807, 2.05) is 30.5 Å². The van der Waals surface area contributed by atoms with Crippen molar-refractivity contribution >= 4 is 23.4 Å². The van der Waals surface area contributed by atoms with Crippen molar-refractivity contribution in [1.29, 1.82) is 0 Å². The third kappa shape index (κ3) is 3.11. The molecule has 0 saturated carbocycles. The molecule has 5 heteroatoms. The average Bonchev–Trinajstić information content (AvgIpc) is 2.28. The van der Waals surface area contributed by atoms with Crippen LogP contribution >= 0.6 is 23.4 Å². The number of thioether (sulfide) groups is 1. The van der Waals surface area contributed by atoms with Crippen molar-refractivity contribution < 1.29 is 4.74 Å². The van der Waals surface area contributed by atoms with Crippen molar-refractivity contribution in [2.75, 3.05) is 6.26 Å². The zero-order valence-corrected chi connectivity index (χ0v) is 11.0. The zero-order valence-electron chi connectivity index (χ0n) is 9.48. The molecule has 0 spiro atoms. The number of benzene rings is 1. The highest BCUT2D eigenvalue weighted by Crippen LogP contribution is 2.30. The highest BCUT2D eigenvalue weighted by atomic mass is 35.5. The first kappa shape index (κ1) is 12.2. The van der Waals surface area contributed by atoms with Crippen LogP contribution in [0.2, 0.25) is 5.15 Å². The third-order valence-electron chi connectivity index (χ3n) is 2.07. The molecule has 1 heterocycles. The van der Waals surface area contributed by atoms with E-state index in [1.54, 1.807) is 24.8 Å². The van der Waals surface area contributed by atoms with Crippen molar-refractivity contribution in [3.05, 3.63) is 41.3 Å². The largest absolute Gasteiger partial charge is 0.438 e. The smallest absolute Gasteiger partial charge is 0.224 e. The summed E-state index contributed by atoms with van der Waals surface area (Å²) in [4.78, 5) is 9.22. The summed E-state index contributed by atoms with van der Waals surface area (Å²) in [6.07, 6.45) is 2.00. The molecule has 17 heavy (non-hydrogen) atoms. The number of aryl methyl sites for hydroxylation is 1. The molecular weight excluding hydrogens is 256 g/mol. The van der Waals surface area contributed by atoms with Gasteiger partial charge < -0.3 is 4.74 Å². The Bertz CT molecular complexity index is 513. The van der Waals surface area contributed by atoms with Gasteiger partial charge >= 0.3 is 0 Å². The number of hydrogen-bond acceptors (Lipinski definition) is 4. The molecule has 0 aliphatic heterocycles. The van der Waals surface area contributed by atoms with Crippen LogP contribution in [0.15, 0.2) is 35.2 Å². The minimum Gasteiger partial charge on any atom is -0.438 e. The molecule has 0 N–H and O–H groups in total. The van der Waals surface area contributed by atoms with Crippen LogP contribution in [-0.4, -0.2) is 16.2 Å². The van der Waals surface area contributed by atoms with Gasteiger partial charge in [0.15, 0.2) is 0 Å². The zero-order chi connectivity index (χ0) is 12.3. The number of nitrogens with zero attached hydrogens (tertiary/aromatic N) is 2. The van der Waals surface area contributed by atoms with Gasteiger partial charge in [0.05, 0.1) is 0 Å². The van der Waals surface area contributed by atoms with Gasteiger partial charge in [0.2, 0.25) is 5.88 Å². The van der Waals surface area contributed by atoms with E-state index in [0.717, 1.165) is 10.6 Å². The highest BCUT2D eigenvalue weighted by molar-refractivity contribution is 7.98. The second kappa shape index (κ2) is 5.38. The molecule has 1 aromatic carbocycles. The van der Waals surface area contributed by atoms with Gasteiger partial charge in [0, 0.05) is 11.0 Å². The predicted molar refractivity (Wildman–Crippen MR) is 70.1 cm³/mol. The molecule has 88 valence electrons. The molecule has 3 nitrogen and oxygen atoms in total. The monoisotopic (exact) mass is 266 g/mol. The summed E-state index contributed by atoms with van der Waals surface area (Å²) in [5.41, 5.74) is 0. The maximum Gasteiger partial charge on any atom is 0.224 e. The maximum atomic E-state index is 5.85. The number of halogens is 1. The van der Waals surface area contributed by atoms with Gasteiger partial charge in [-0.2, -0.15) is 4.98 Å². The van der Waals surface area contributed by atoms with Gasteiger partial charge in [-0.15, -0.1) is 11.8 Å². The molecule has 2 rings (SSSR count). The molecule has 0 fully saturated rings. The Morgan fingerprint density at radius 2 is 2.00 bits per heavy atom. The van der Waals surface area contributed by atoms with Crippen LogP contribution in [0, 0.1) is 6.92 Å². The quantitative estimate of drug-likeness (QED) is 0.622. The van der Waals surface area contributed by atoms with Crippen LogP contribution in [0.25, 0.3) is 0 Å². The Labute approximate surface area is 109 Å². The lowest BCUT2D eigenvalue weighted by atomic mass is 10.3. The molecule has 0 unspecified atom stereocenters. The van der Waals surface area contributed by atoms with E-state index in [2.05, 4.69) is 9.97 Å². The van der Waals surface area contributed by atoms with Gasteiger partial charge in [-0.05, 0) is 25.3 Å². The highest BCUT2D eigenvalue weighted by Gasteiger charge is 2.06. The van der Waals surface area contributed by atoms with Crippen molar-refractivity contribution in [1.82, 2.24) is 9.97 Å². The van der Waals surface area contributed by atoms with Crippen LogP contribution in [-0.2, 0) is 0 Å². The fourth-order valence-electron chi connectivity index (χ4n) is 1.37. The first-order valence-corrected chi connectivity index (χ1v) is 6.61. The van der Waals surface area contributed by atoms with Gasteiger partial charge in [0.1, 0.15) is 16.7 Å². The summed E-state index contributed by atoms with van der Waals surface area (Å²) in [5.74, 6) is 1.83. The lowest BCUT2D eigenvalue weighted by Gasteiger charge is -2.08. The Morgan fingerprint density at radius 1 is 1.24 bits per heavy atom. The second-order valence-corrected chi connectivity index (χ2v) is 4.56. The van der Waals surface area contributed by atoms with Crippen molar-refractivity contribution in [2.45, 2.75) is 11.8 Å². The second-order valence-electron chi connectivity index (χ2n) is 3.33. The van der Waals surface area contributed by atoms with Crippen LogP contribution in [0.4, 0.5) is 0 Å². The Balaban J connectivity index is 2.31. The molecule has 0 atom stereocenters. The van der Waals surface area contributed by atoms with Crippen LogP contribution < -0.4 is 4.74 Å². The van der Waals surface area contributed by atoms with Crippen LogP contribution in [0.1, 0.15) is 5.82 Å². The molecule has 2 aromatic rings. The Morgan fingerprint density at radius 3 is 2.71 bits per heavy atom. The Hall–Kier alpha value is -1.26. The predicted octanol–water partition coefficient (Wildman–Crippen LogP) is 3.95. The first-order chi connectivity index (χ1) is 8.19. The van der Waals surface area contributed by atoms with Crippen LogP contribution in [0.3, 0.4) is 0 Å². The van der Waals surface area contributed by atoms with E-state index in [9.17, 15) is 0 Å². The summed E-state index contributed by atoms with van der Waals surface area (Å²) in [6.45, 7) is 1.78. The third-order valence-corrected chi connectivity index (χ3v) is 3.04. The summed E-state index contributed by atoms with van der Waals surface area (Å²) < 4.78 is 5.71. The number of rotatable bonds is 3. The summed E-state index contributed by atoms with van der Waals surface area (Å²) in [7, 11) is 0. The Kier molecular flexibility index (Phi) is 3.86. The van der Waals surface area contributed by atoms with E-state index in [0.29, 0.717) is 16.9 Å². The maximum absolute atomic E-state index is 5.85. The minimum atomic E-state index is 0.383. The number of hydrogen-bond donors (Lipinski definition) is 0. The SMILES string of the molecule is CSc1ccccc1Oc1cc(Cl)nc(C)n1. The molecule has 0 bridgehead atoms. The summed E-state index contributed by atoms with van der Waals surface area (Å²) in [6, 6.07) is 9.39. The summed E-state index contributed by atoms with van der Waals surface area (Å²) in [5, 5.41) is 0.383. The van der Waals surface area contributed by atoms with E-state index in [1.165, 1.54) is 0 Å². The molecule has 0 amide bonds. The topological polar surface area (TPSA) is 35.0 Å². The van der Waals surface area contributed by atoms with E-state index in [4.69, 9.17) is 16.3 Å². The fourth-order valence-corrected chi connectivity index (χ4v) is 2.11. The normalized spacial score (nSPS) is 10.3. The first-order valence-electron chi connectivity index (χ1n) is 5.01. The van der Waals surface area contributed by atoms with Gasteiger partial charge in [0.25, 0.3) is 0 Å². The van der Waals surface area contributed by atoms with E-state index >= 15 is 0 Å². The molecule has 0 aliphatic carbocycles. The number of aromatic nitrogens is 2. The average molecular weight is 267 g/mol. The van der Waals surface area contributed by atoms with Gasteiger partial charge in [-0.3, -0.25) is 0 Å².